The molecular formula is C42H84O11. The van der Waals surface area contributed by atoms with Crippen LogP contribution in [0.25, 0.3) is 0 Å². The lowest BCUT2D eigenvalue weighted by Crippen LogP contribution is -2.30. The van der Waals surface area contributed by atoms with Gasteiger partial charge >= 0.3 is 17.9 Å². The van der Waals surface area contributed by atoms with Crippen molar-refractivity contribution in [1.82, 2.24) is 0 Å². The summed E-state index contributed by atoms with van der Waals surface area (Å²) in [6.07, 6.45) is 3.38. The van der Waals surface area contributed by atoms with Gasteiger partial charge in [0.1, 0.15) is 0 Å². The van der Waals surface area contributed by atoms with Gasteiger partial charge in [-0.15, -0.1) is 0 Å². The highest BCUT2D eigenvalue weighted by Gasteiger charge is 2.30. The molecule has 11 nitrogen and oxygen atoms in total. The summed E-state index contributed by atoms with van der Waals surface area (Å²) in [6.45, 7) is 30.8. The van der Waals surface area contributed by atoms with Crippen LogP contribution in [0.2, 0.25) is 0 Å². The van der Waals surface area contributed by atoms with Crippen molar-refractivity contribution >= 4 is 17.9 Å². The fourth-order valence-corrected chi connectivity index (χ4v) is 5.41. The van der Waals surface area contributed by atoms with Crippen molar-refractivity contribution in [3.8, 4) is 0 Å². The van der Waals surface area contributed by atoms with E-state index in [0.717, 1.165) is 25.7 Å². The van der Waals surface area contributed by atoms with E-state index in [1.165, 1.54) is 0 Å². The number of aliphatic hydroxyl groups excluding tert-OH is 5. The van der Waals surface area contributed by atoms with Crippen molar-refractivity contribution in [2.45, 2.75) is 130 Å². The largest absolute Gasteiger partial charge is 0.465 e. The van der Waals surface area contributed by atoms with Crippen LogP contribution in [0.5, 0.6) is 0 Å². The van der Waals surface area contributed by atoms with Crippen LogP contribution in [0, 0.1) is 70.0 Å². The standard InChI is InChI=1S/C15H30O4.C14H28O4.C13H26O3/c1-11(2)13(6-7-15(3,4)5)14(18)19-10-12(8-16)9-17;1-10(2)12(6-14(3,4)5)13(17)18-9-11(7-15)8-16;1-6-11(7-14)8-16-13(15)12(9(2)3)10(4)5/h11-13,16-17H,6-10H2,1-5H3;10-12,15-16H,6-9H2,1-5H3;9-12,14H,6-8H2,1-5H3. The third-order valence-electron chi connectivity index (χ3n) is 9.21. The van der Waals surface area contributed by atoms with E-state index in [2.05, 4.69) is 41.5 Å². The number of aliphatic hydroxyl groups is 5. The van der Waals surface area contributed by atoms with E-state index in [1.807, 2.05) is 62.3 Å². The molecule has 3 atom stereocenters. The lowest BCUT2D eigenvalue weighted by molar-refractivity contribution is -0.154. The summed E-state index contributed by atoms with van der Waals surface area (Å²) < 4.78 is 15.7. The van der Waals surface area contributed by atoms with E-state index in [-0.39, 0.29) is 122 Å². The quantitative estimate of drug-likeness (QED) is 0.0597. The second kappa shape index (κ2) is 29.5. The predicted molar refractivity (Wildman–Crippen MR) is 212 cm³/mol. The Kier molecular flexibility index (Phi) is 30.9. The van der Waals surface area contributed by atoms with Crippen LogP contribution in [0.3, 0.4) is 0 Å². The maximum absolute atomic E-state index is 12.1. The molecule has 318 valence electrons. The molecule has 0 spiro atoms. The van der Waals surface area contributed by atoms with Gasteiger partial charge in [-0.1, -0.05) is 104 Å². The van der Waals surface area contributed by atoms with E-state index >= 15 is 0 Å². The maximum atomic E-state index is 12.1. The first-order chi connectivity index (χ1) is 24.3. The summed E-state index contributed by atoms with van der Waals surface area (Å²) in [6, 6.07) is 0. The van der Waals surface area contributed by atoms with Gasteiger partial charge in [0, 0.05) is 24.4 Å². The summed E-state index contributed by atoms with van der Waals surface area (Å²) in [5, 5.41) is 44.7. The minimum absolute atomic E-state index is 0.0452. The normalized spacial score (nSPS) is 13.9. The first kappa shape index (κ1) is 55.5. The molecule has 0 aromatic carbocycles. The Morgan fingerprint density at radius 3 is 1.11 bits per heavy atom. The van der Waals surface area contributed by atoms with Gasteiger partial charge in [0.15, 0.2) is 0 Å². The third kappa shape index (κ3) is 28.3. The minimum Gasteiger partial charge on any atom is -0.465 e. The molecule has 0 heterocycles. The SMILES string of the molecule is CC(C)C(CC(C)(C)C)C(=O)OCC(CO)CO.CC(C)C(CCC(C)(C)C)C(=O)OCC(CO)CO.CCC(CO)COC(=O)C(C(C)C)C(C)C. The van der Waals surface area contributed by atoms with Crippen molar-refractivity contribution in [2.24, 2.45) is 70.0 Å². The highest BCUT2D eigenvalue weighted by atomic mass is 16.5. The van der Waals surface area contributed by atoms with Gasteiger partial charge in [-0.3, -0.25) is 14.4 Å². The van der Waals surface area contributed by atoms with Gasteiger partial charge in [-0.25, -0.2) is 0 Å². The number of carbonyl (C=O) groups is 3. The van der Waals surface area contributed by atoms with Crippen LogP contribution in [-0.4, -0.2) is 96.3 Å². The summed E-state index contributed by atoms with van der Waals surface area (Å²) >= 11 is 0. The molecule has 53 heavy (non-hydrogen) atoms. The zero-order valence-corrected chi connectivity index (χ0v) is 36.4. The molecule has 0 bridgehead atoms. The lowest BCUT2D eigenvalue weighted by atomic mass is 9.80. The Bertz CT molecular complexity index is 914. The van der Waals surface area contributed by atoms with Crippen LogP contribution >= 0.6 is 0 Å². The van der Waals surface area contributed by atoms with E-state index < -0.39 is 0 Å². The number of rotatable bonds is 22. The van der Waals surface area contributed by atoms with Crippen molar-refractivity contribution in [3.05, 3.63) is 0 Å². The fraction of sp³-hybridized carbons (Fsp3) is 0.929. The summed E-state index contributed by atoms with van der Waals surface area (Å²) in [7, 11) is 0. The van der Waals surface area contributed by atoms with Gasteiger partial charge in [-0.2, -0.15) is 0 Å². The number of esters is 3. The molecule has 0 rings (SSSR count). The second-order valence-corrected chi connectivity index (χ2v) is 18.4. The Morgan fingerprint density at radius 1 is 0.491 bits per heavy atom. The van der Waals surface area contributed by atoms with Crippen molar-refractivity contribution in [2.75, 3.05) is 52.9 Å². The Hall–Kier alpha value is -1.79. The Balaban J connectivity index is -0.000000710. The molecule has 0 amide bonds. The molecule has 11 heteroatoms. The third-order valence-corrected chi connectivity index (χ3v) is 9.21. The lowest BCUT2D eigenvalue weighted by Gasteiger charge is -2.27. The molecule has 3 unspecified atom stereocenters. The number of ether oxygens (including phenoxy) is 3. The molecule has 5 N–H and O–H groups in total. The first-order valence-electron chi connectivity index (χ1n) is 19.9. The fourth-order valence-electron chi connectivity index (χ4n) is 5.41. The molecule has 0 radical (unpaired) electrons. The van der Waals surface area contributed by atoms with Gasteiger partial charge < -0.3 is 39.7 Å². The molecule has 0 aliphatic heterocycles. The molecule has 0 saturated heterocycles. The van der Waals surface area contributed by atoms with Crippen molar-refractivity contribution in [1.29, 1.82) is 0 Å². The molecule has 0 aliphatic carbocycles. The number of carbonyl (C=O) groups excluding carboxylic acids is 3. The van der Waals surface area contributed by atoms with Crippen molar-refractivity contribution in [3.63, 3.8) is 0 Å². The van der Waals surface area contributed by atoms with Crippen LogP contribution in [-0.2, 0) is 28.6 Å². The topological polar surface area (TPSA) is 180 Å². The monoisotopic (exact) mass is 765 g/mol. The minimum atomic E-state index is -0.378. The van der Waals surface area contributed by atoms with Gasteiger partial charge in [-0.05, 0) is 60.2 Å². The molecule has 0 aromatic heterocycles. The van der Waals surface area contributed by atoms with Gasteiger partial charge in [0.2, 0.25) is 0 Å². The Labute approximate surface area is 324 Å². The molecular weight excluding hydrogens is 680 g/mol. The summed E-state index contributed by atoms with van der Waals surface area (Å²) in [5.74, 6) is -0.510. The van der Waals surface area contributed by atoms with Gasteiger partial charge in [0.05, 0.1) is 64.0 Å². The van der Waals surface area contributed by atoms with E-state index in [4.69, 9.17) is 39.7 Å². The maximum Gasteiger partial charge on any atom is 0.309 e. The average Bonchev–Trinajstić information content (AvgIpc) is 3.04. The van der Waals surface area contributed by atoms with Crippen LogP contribution in [0.1, 0.15) is 130 Å². The van der Waals surface area contributed by atoms with Crippen LogP contribution < -0.4 is 0 Å². The summed E-state index contributed by atoms with van der Waals surface area (Å²) in [4.78, 5) is 35.9. The average molecular weight is 765 g/mol. The predicted octanol–water partition coefficient (Wildman–Crippen LogP) is 6.54. The Morgan fingerprint density at radius 2 is 0.830 bits per heavy atom. The van der Waals surface area contributed by atoms with Gasteiger partial charge in [0.25, 0.3) is 0 Å². The first-order valence-corrected chi connectivity index (χ1v) is 19.9. The number of hydrogen-bond acceptors (Lipinski definition) is 11. The zero-order valence-electron chi connectivity index (χ0n) is 36.4. The summed E-state index contributed by atoms with van der Waals surface area (Å²) in [5.41, 5.74) is 0.271. The molecule has 0 fully saturated rings. The van der Waals surface area contributed by atoms with Crippen LogP contribution in [0.15, 0.2) is 0 Å². The van der Waals surface area contributed by atoms with Crippen LogP contribution in [0.4, 0.5) is 0 Å². The molecule has 0 aliphatic rings. The van der Waals surface area contributed by atoms with E-state index in [1.54, 1.807) is 0 Å². The highest BCUT2D eigenvalue weighted by molar-refractivity contribution is 5.73. The highest BCUT2D eigenvalue weighted by Crippen LogP contribution is 2.30. The molecule has 0 aromatic rings. The van der Waals surface area contributed by atoms with E-state index in [9.17, 15) is 14.4 Å². The second-order valence-electron chi connectivity index (χ2n) is 18.4. The number of hydrogen-bond donors (Lipinski definition) is 5. The zero-order chi connectivity index (χ0) is 42.1. The van der Waals surface area contributed by atoms with Crippen molar-refractivity contribution < 1.29 is 54.1 Å². The van der Waals surface area contributed by atoms with E-state index in [0.29, 0.717) is 18.4 Å². The molecule has 0 saturated carbocycles. The smallest absolute Gasteiger partial charge is 0.309 e.